The summed E-state index contributed by atoms with van der Waals surface area (Å²) in [5.41, 5.74) is 0.355. The summed E-state index contributed by atoms with van der Waals surface area (Å²) >= 11 is 0. The van der Waals surface area contributed by atoms with E-state index in [1.165, 1.54) is 7.11 Å². The van der Waals surface area contributed by atoms with Gasteiger partial charge in [0.15, 0.2) is 0 Å². The molecule has 0 spiro atoms. The molecule has 0 radical (unpaired) electrons. The number of hydrogen-bond acceptors (Lipinski definition) is 5. The average Bonchev–Trinajstić information content (AvgIpc) is 2.41. The van der Waals surface area contributed by atoms with Crippen LogP contribution in [0, 0.1) is 5.41 Å². The van der Waals surface area contributed by atoms with Gasteiger partial charge in [-0.3, -0.25) is 4.79 Å². The molecule has 5 nitrogen and oxygen atoms in total. The predicted molar refractivity (Wildman–Crippen MR) is 68.5 cm³/mol. The fraction of sp³-hybridized carbons (Fsp3) is 0.500. The number of hydrogen-bond donors (Lipinski definition) is 0. The Bertz CT molecular complexity index is 465. The number of methoxy groups -OCH3 is 3. The van der Waals surface area contributed by atoms with Crippen molar-refractivity contribution in [3.63, 3.8) is 0 Å². The average molecular weight is 266 g/mol. The first-order valence-electron chi connectivity index (χ1n) is 6.02. The van der Waals surface area contributed by atoms with Gasteiger partial charge in [0.25, 0.3) is 0 Å². The van der Waals surface area contributed by atoms with E-state index in [1.807, 2.05) is 12.1 Å². The minimum absolute atomic E-state index is 0.239. The molecule has 1 aromatic carbocycles. The van der Waals surface area contributed by atoms with Gasteiger partial charge in [-0.1, -0.05) is 6.07 Å². The first-order chi connectivity index (χ1) is 9.15. The number of ether oxygens (including phenoxy) is 4. The summed E-state index contributed by atoms with van der Waals surface area (Å²) in [4.78, 5) is 11.9. The Hall–Kier alpha value is -1.75. The van der Waals surface area contributed by atoms with Crippen molar-refractivity contribution >= 4 is 5.97 Å². The molecule has 5 heteroatoms. The Morgan fingerprint density at radius 3 is 2.47 bits per heavy atom. The van der Waals surface area contributed by atoms with Crippen LogP contribution in [0.15, 0.2) is 18.2 Å². The molecule has 0 aromatic heterocycles. The monoisotopic (exact) mass is 266 g/mol. The molecule has 1 aliphatic heterocycles. The van der Waals surface area contributed by atoms with Crippen molar-refractivity contribution in [3.8, 4) is 11.5 Å². The highest BCUT2D eigenvalue weighted by Crippen LogP contribution is 2.36. The molecule has 0 atom stereocenters. The molecule has 1 aliphatic rings. The third kappa shape index (κ3) is 2.51. The minimum atomic E-state index is -0.587. The van der Waals surface area contributed by atoms with Crippen molar-refractivity contribution in [3.05, 3.63) is 23.8 Å². The molecule has 0 amide bonds. The lowest BCUT2D eigenvalue weighted by molar-refractivity contribution is -0.182. The maximum Gasteiger partial charge on any atom is 0.316 e. The van der Waals surface area contributed by atoms with Crippen molar-refractivity contribution in [2.24, 2.45) is 5.41 Å². The van der Waals surface area contributed by atoms with Crippen molar-refractivity contribution < 1.29 is 23.7 Å². The summed E-state index contributed by atoms with van der Waals surface area (Å²) in [7, 11) is 4.60. The summed E-state index contributed by atoms with van der Waals surface area (Å²) in [6, 6.07) is 5.56. The highest BCUT2D eigenvalue weighted by atomic mass is 16.5. The molecule has 1 aromatic rings. The Morgan fingerprint density at radius 2 is 2.00 bits per heavy atom. The van der Waals surface area contributed by atoms with Crippen LogP contribution in [0.4, 0.5) is 0 Å². The Balaban J connectivity index is 2.24. The van der Waals surface area contributed by atoms with E-state index in [9.17, 15) is 4.79 Å². The van der Waals surface area contributed by atoms with E-state index in [2.05, 4.69) is 0 Å². The fourth-order valence-corrected chi connectivity index (χ4v) is 2.22. The van der Waals surface area contributed by atoms with E-state index in [-0.39, 0.29) is 5.97 Å². The lowest BCUT2D eigenvalue weighted by Gasteiger charge is -2.38. The Kier molecular flexibility index (Phi) is 3.95. The van der Waals surface area contributed by atoms with E-state index in [4.69, 9.17) is 18.9 Å². The lowest BCUT2D eigenvalue weighted by Crippen LogP contribution is -2.51. The van der Waals surface area contributed by atoms with Crippen molar-refractivity contribution in [1.82, 2.24) is 0 Å². The third-order valence-corrected chi connectivity index (χ3v) is 3.40. The summed E-state index contributed by atoms with van der Waals surface area (Å²) in [6.07, 6.45) is 0.535. The number of rotatable bonds is 5. The van der Waals surface area contributed by atoms with Crippen molar-refractivity contribution in [1.29, 1.82) is 0 Å². The SMILES string of the molecule is COC(=O)C1(Cc2ccc(OC)cc2OC)COC1. The zero-order valence-electron chi connectivity index (χ0n) is 11.4. The van der Waals surface area contributed by atoms with E-state index in [1.54, 1.807) is 20.3 Å². The van der Waals surface area contributed by atoms with Gasteiger partial charge in [0.2, 0.25) is 0 Å². The molecule has 2 rings (SSSR count). The minimum Gasteiger partial charge on any atom is -0.497 e. The number of carbonyl (C=O) groups excluding carboxylic acids is 1. The van der Waals surface area contributed by atoms with E-state index >= 15 is 0 Å². The van der Waals surface area contributed by atoms with Crippen LogP contribution in [0.1, 0.15) is 5.56 Å². The van der Waals surface area contributed by atoms with Crippen LogP contribution in [-0.2, 0) is 20.7 Å². The molecular formula is C14H18O5. The van der Waals surface area contributed by atoms with Gasteiger partial charge in [-0.15, -0.1) is 0 Å². The quantitative estimate of drug-likeness (QED) is 0.755. The number of benzene rings is 1. The van der Waals surface area contributed by atoms with Gasteiger partial charge < -0.3 is 18.9 Å². The fourth-order valence-electron chi connectivity index (χ4n) is 2.22. The molecule has 0 saturated carbocycles. The molecule has 0 N–H and O–H groups in total. The summed E-state index contributed by atoms with van der Waals surface area (Å²) in [5.74, 6) is 1.18. The summed E-state index contributed by atoms with van der Waals surface area (Å²) < 4.78 is 20.5. The second kappa shape index (κ2) is 5.48. The molecule has 0 unspecified atom stereocenters. The van der Waals surface area contributed by atoms with Crippen molar-refractivity contribution in [2.45, 2.75) is 6.42 Å². The van der Waals surface area contributed by atoms with Crippen LogP contribution >= 0.6 is 0 Å². The molecule has 0 bridgehead atoms. The van der Waals surface area contributed by atoms with Gasteiger partial charge >= 0.3 is 5.97 Å². The second-order valence-corrected chi connectivity index (χ2v) is 4.62. The van der Waals surface area contributed by atoms with Crippen LogP contribution in [0.3, 0.4) is 0 Å². The molecule has 1 saturated heterocycles. The zero-order valence-corrected chi connectivity index (χ0v) is 11.4. The smallest absolute Gasteiger partial charge is 0.316 e. The molecule has 19 heavy (non-hydrogen) atoms. The van der Waals surface area contributed by atoms with Crippen LogP contribution < -0.4 is 9.47 Å². The summed E-state index contributed by atoms with van der Waals surface area (Å²) in [6.45, 7) is 0.768. The maximum atomic E-state index is 11.9. The molecule has 0 aliphatic carbocycles. The predicted octanol–water partition coefficient (Wildman–Crippen LogP) is 1.44. The molecular weight excluding hydrogens is 248 g/mol. The first-order valence-corrected chi connectivity index (χ1v) is 6.02. The summed E-state index contributed by atoms with van der Waals surface area (Å²) in [5, 5.41) is 0. The van der Waals surface area contributed by atoms with Crippen LogP contribution in [-0.4, -0.2) is 40.5 Å². The van der Waals surface area contributed by atoms with Crippen LogP contribution in [0.25, 0.3) is 0 Å². The largest absolute Gasteiger partial charge is 0.497 e. The van der Waals surface area contributed by atoms with Crippen LogP contribution in [0.5, 0.6) is 11.5 Å². The normalized spacial score (nSPS) is 16.4. The zero-order chi connectivity index (χ0) is 13.9. The second-order valence-electron chi connectivity index (χ2n) is 4.62. The lowest BCUT2D eigenvalue weighted by atomic mass is 9.79. The number of esters is 1. The Labute approximate surface area is 112 Å². The van der Waals surface area contributed by atoms with E-state index in [0.717, 1.165) is 11.3 Å². The van der Waals surface area contributed by atoms with E-state index < -0.39 is 5.41 Å². The van der Waals surface area contributed by atoms with Crippen LogP contribution in [0.2, 0.25) is 0 Å². The number of carbonyl (C=O) groups is 1. The standard InChI is InChI=1S/C14H18O5/c1-16-11-5-4-10(12(6-11)17-2)7-14(8-19-9-14)13(15)18-3/h4-6H,7-9H2,1-3H3. The molecule has 1 heterocycles. The molecule has 1 fully saturated rings. The van der Waals surface area contributed by atoms with Gasteiger partial charge in [-0.2, -0.15) is 0 Å². The topological polar surface area (TPSA) is 54.0 Å². The van der Waals surface area contributed by atoms with Crippen molar-refractivity contribution in [2.75, 3.05) is 34.5 Å². The van der Waals surface area contributed by atoms with Gasteiger partial charge in [-0.05, 0) is 18.1 Å². The van der Waals surface area contributed by atoms with Gasteiger partial charge in [0, 0.05) is 6.07 Å². The van der Waals surface area contributed by atoms with Gasteiger partial charge in [-0.25, -0.2) is 0 Å². The Morgan fingerprint density at radius 1 is 1.26 bits per heavy atom. The molecule has 104 valence electrons. The maximum absolute atomic E-state index is 11.9. The van der Waals surface area contributed by atoms with E-state index in [0.29, 0.717) is 25.4 Å². The first kappa shape index (κ1) is 13.7. The van der Waals surface area contributed by atoms with Gasteiger partial charge in [0.05, 0.1) is 34.5 Å². The van der Waals surface area contributed by atoms with Gasteiger partial charge in [0.1, 0.15) is 16.9 Å². The highest BCUT2D eigenvalue weighted by Gasteiger charge is 2.47. The third-order valence-electron chi connectivity index (χ3n) is 3.40. The highest BCUT2D eigenvalue weighted by molar-refractivity contribution is 5.78.